The lowest BCUT2D eigenvalue weighted by atomic mass is 9.98. The molecule has 0 saturated carbocycles. The first kappa shape index (κ1) is 23.8. The molecule has 1 unspecified atom stereocenters. The summed E-state index contributed by atoms with van der Waals surface area (Å²) in [4.78, 5) is 23.9. The van der Waals surface area contributed by atoms with Crippen molar-refractivity contribution in [3.05, 3.63) is 6.33 Å². The molecule has 15 heteroatoms. The number of nitrogen functional groups attached to an aromatic ring is 1. The highest BCUT2D eigenvalue weighted by atomic mass is 31.2. The van der Waals surface area contributed by atoms with Gasteiger partial charge in [0.1, 0.15) is 18.2 Å². The first-order valence-corrected chi connectivity index (χ1v) is 11.9. The number of ether oxygens (including phenoxy) is 2. The largest absolute Gasteiger partial charge is 0.480 e. The number of fused-ring (bicyclic) bond motifs is 2. The van der Waals surface area contributed by atoms with Crippen LogP contribution in [0.2, 0.25) is 0 Å². The molecule has 2 saturated heterocycles. The lowest BCUT2D eigenvalue weighted by Crippen LogP contribution is -2.48. The molecule has 0 aromatic carbocycles. The Kier molecular flexibility index (Phi) is 6.08. The van der Waals surface area contributed by atoms with E-state index in [1.165, 1.54) is 17.8 Å². The number of anilines is 1. The van der Waals surface area contributed by atoms with Crippen molar-refractivity contribution in [2.75, 3.05) is 18.9 Å². The molecule has 2 aromatic heterocycles. The van der Waals surface area contributed by atoms with Crippen LogP contribution >= 0.6 is 7.75 Å². The monoisotopic (exact) mass is 488 g/mol. The van der Waals surface area contributed by atoms with Crippen molar-refractivity contribution in [3.63, 3.8) is 0 Å². The summed E-state index contributed by atoms with van der Waals surface area (Å²) in [6.45, 7) is 6.30. The SMILES string of the molecule is CCOc1nc(N)nc2c1ncn2[C@@H]1O[C@@H]2CO[P@](=O)(NC(C(=O)O)C(C)C)O[C@H]2[C@@]1(C)F. The maximum atomic E-state index is 16.1. The Labute approximate surface area is 188 Å². The smallest absolute Gasteiger partial charge is 0.406 e. The standard InChI is InChI=1S/C18H26FN6O7P/c1-5-29-14-11-13(22-17(20)23-14)25(7-21-11)16-18(4,19)12-9(31-16)6-30-33(28,32-12)24-10(8(2)3)15(26)27/h7-10,12,16H,5-6H2,1-4H3,(H,24,28)(H,26,27)(H2,20,22,23)/t9-,10?,12-,16-,18-,33-/m1/s1. The number of nitrogens with one attached hydrogen (secondary N) is 1. The summed E-state index contributed by atoms with van der Waals surface area (Å²) in [6, 6.07) is -1.22. The summed E-state index contributed by atoms with van der Waals surface area (Å²) < 4.78 is 52.7. The minimum absolute atomic E-state index is 0.0923. The van der Waals surface area contributed by atoms with E-state index in [4.69, 9.17) is 24.3 Å². The molecule has 4 N–H and O–H groups in total. The van der Waals surface area contributed by atoms with E-state index in [1.807, 2.05) is 0 Å². The average molecular weight is 488 g/mol. The average Bonchev–Trinajstić information content (AvgIpc) is 3.24. The van der Waals surface area contributed by atoms with Crippen LogP contribution in [0.1, 0.15) is 33.9 Å². The molecule has 4 heterocycles. The summed E-state index contributed by atoms with van der Waals surface area (Å²) >= 11 is 0. The molecule has 182 valence electrons. The van der Waals surface area contributed by atoms with E-state index in [9.17, 15) is 14.5 Å². The van der Waals surface area contributed by atoms with Crippen molar-refractivity contribution >= 4 is 30.8 Å². The van der Waals surface area contributed by atoms with Crippen molar-refractivity contribution in [2.24, 2.45) is 5.92 Å². The van der Waals surface area contributed by atoms with E-state index in [0.717, 1.165) is 0 Å². The van der Waals surface area contributed by atoms with Crippen LogP contribution in [0, 0.1) is 5.92 Å². The van der Waals surface area contributed by atoms with Crippen LogP contribution in [0.4, 0.5) is 10.3 Å². The third-order valence-electron chi connectivity index (χ3n) is 5.51. The zero-order chi connectivity index (χ0) is 24.1. The Hall–Kier alpha value is -2.38. The van der Waals surface area contributed by atoms with E-state index in [-0.39, 0.29) is 29.6 Å². The number of carbonyl (C=O) groups is 1. The number of alkyl halides is 1. The molecule has 0 bridgehead atoms. The first-order chi connectivity index (χ1) is 15.5. The van der Waals surface area contributed by atoms with Gasteiger partial charge in [0, 0.05) is 0 Å². The summed E-state index contributed by atoms with van der Waals surface area (Å²) in [7, 11) is -4.14. The molecule has 2 aliphatic heterocycles. The van der Waals surface area contributed by atoms with Gasteiger partial charge in [-0.25, -0.2) is 19.0 Å². The number of hydrogen-bond acceptors (Lipinski definition) is 10. The Morgan fingerprint density at radius 1 is 1.52 bits per heavy atom. The van der Waals surface area contributed by atoms with E-state index < -0.39 is 49.8 Å². The van der Waals surface area contributed by atoms with Gasteiger partial charge in [0.2, 0.25) is 11.8 Å². The normalized spacial score (nSPS) is 32.7. The molecule has 0 amide bonds. The minimum Gasteiger partial charge on any atom is -0.480 e. The molecule has 0 spiro atoms. The number of hydrogen-bond donors (Lipinski definition) is 3. The van der Waals surface area contributed by atoms with Gasteiger partial charge in [-0.1, -0.05) is 13.8 Å². The maximum Gasteiger partial charge on any atom is 0.406 e. The fourth-order valence-corrected chi connectivity index (χ4v) is 5.83. The fraction of sp³-hybridized carbons (Fsp3) is 0.667. The second-order valence-electron chi connectivity index (χ2n) is 8.33. The van der Waals surface area contributed by atoms with E-state index in [0.29, 0.717) is 6.61 Å². The van der Waals surface area contributed by atoms with Gasteiger partial charge < -0.3 is 20.3 Å². The molecule has 4 rings (SSSR count). The maximum absolute atomic E-state index is 16.1. The van der Waals surface area contributed by atoms with Crippen LogP contribution in [0.15, 0.2) is 6.33 Å². The predicted octanol–water partition coefficient (Wildman–Crippen LogP) is 1.66. The number of aromatic nitrogens is 4. The highest BCUT2D eigenvalue weighted by Crippen LogP contribution is 2.57. The summed E-state index contributed by atoms with van der Waals surface area (Å²) in [5, 5.41) is 11.8. The zero-order valence-electron chi connectivity index (χ0n) is 18.5. The molecule has 13 nitrogen and oxygen atoms in total. The highest BCUT2D eigenvalue weighted by molar-refractivity contribution is 7.51. The molecule has 33 heavy (non-hydrogen) atoms. The number of halogens is 1. The van der Waals surface area contributed by atoms with Crippen molar-refractivity contribution < 1.29 is 37.4 Å². The minimum atomic E-state index is -4.14. The number of nitrogens with two attached hydrogens (primary N) is 1. The molecule has 2 fully saturated rings. The number of aliphatic carboxylic acids is 1. The molecule has 0 radical (unpaired) electrons. The number of carboxylic acids is 1. The van der Waals surface area contributed by atoms with Gasteiger partial charge in [-0.3, -0.25) is 18.4 Å². The third kappa shape index (κ3) is 4.17. The second kappa shape index (κ2) is 8.44. The van der Waals surface area contributed by atoms with Crippen LogP contribution in [0.5, 0.6) is 5.88 Å². The first-order valence-electron chi connectivity index (χ1n) is 10.4. The Bertz CT molecular complexity index is 1110. The zero-order valence-corrected chi connectivity index (χ0v) is 19.4. The summed E-state index contributed by atoms with van der Waals surface area (Å²) in [5.74, 6) is -1.60. The number of imidazole rings is 1. The number of carboxylic acid groups (broad SMARTS) is 1. The van der Waals surface area contributed by atoms with Gasteiger partial charge in [-0.05, 0) is 19.8 Å². The van der Waals surface area contributed by atoms with Crippen molar-refractivity contribution in [1.82, 2.24) is 24.6 Å². The van der Waals surface area contributed by atoms with E-state index in [2.05, 4.69) is 20.0 Å². The molecule has 0 aliphatic carbocycles. The predicted molar refractivity (Wildman–Crippen MR) is 112 cm³/mol. The van der Waals surface area contributed by atoms with Crippen molar-refractivity contribution in [1.29, 1.82) is 0 Å². The quantitative estimate of drug-likeness (QED) is 0.482. The summed E-state index contributed by atoms with van der Waals surface area (Å²) in [5.41, 5.74) is 4.02. The Balaban J connectivity index is 1.64. The number of nitrogens with zero attached hydrogens (tertiary/aromatic N) is 4. The molecular weight excluding hydrogens is 462 g/mol. The molecule has 2 aliphatic rings. The number of rotatable bonds is 7. The highest BCUT2D eigenvalue weighted by Gasteiger charge is 2.61. The van der Waals surface area contributed by atoms with E-state index >= 15 is 4.39 Å². The van der Waals surface area contributed by atoms with Crippen LogP contribution in [-0.4, -0.2) is 67.7 Å². The Morgan fingerprint density at radius 2 is 2.24 bits per heavy atom. The van der Waals surface area contributed by atoms with Gasteiger partial charge in [-0.15, -0.1) is 0 Å². The van der Waals surface area contributed by atoms with Gasteiger partial charge in [-0.2, -0.15) is 9.97 Å². The molecular formula is C18H26FN6O7P. The van der Waals surface area contributed by atoms with Gasteiger partial charge >= 0.3 is 13.7 Å². The van der Waals surface area contributed by atoms with Crippen LogP contribution < -0.4 is 15.6 Å². The topological polar surface area (TPSA) is 173 Å². The van der Waals surface area contributed by atoms with Crippen molar-refractivity contribution in [3.8, 4) is 5.88 Å². The van der Waals surface area contributed by atoms with Crippen molar-refractivity contribution in [2.45, 2.75) is 57.8 Å². The van der Waals surface area contributed by atoms with Crippen LogP contribution in [-0.2, 0) is 23.1 Å². The molecule has 6 atom stereocenters. The van der Waals surface area contributed by atoms with Crippen LogP contribution in [0.25, 0.3) is 11.2 Å². The second-order valence-corrected chi connectivity index (χ2v) is 10.1. The van der Waals surface area contributed by atoms with Gasteiger partial charge in [0.25, 0.3) is 0 Å². The van der Waals surface area contributed by atoms with Gasteiger partial charge in [0.15, 0.2) is 23.1 Å². The lowest BCUT2D eigenvalue weighted by molar-refractivity contribution is -0.140. The van der Waals surface area contributed by atoms with Crippen LogP contribution in [0.3, 0.4) is 0 Å². The fourth-order valence-electron chi connectivity index (χ4n) is 3.90. The lowest BCUT2D eigenvalue weighted by Gasteiger charge is -2.35. The Morgan fingerprint density at radius 3 is 2.88 bits per heavy atom. The summed E-state index contributed by atoms with van der Waals surface area (Å²) in [6.07, 6.45) is -2.20. The van der Waals surface area contributed by atoms with E-state index in [1.54, 1.807) is 20.8 Å². The van der Waals surface area contributed by atoms with Gasteiger partial charge in [0.05, 0.1) is 19.5 Å². The molecule has 2 aromatic rings. The third-order valence-corrected chi connectivity index (χ3v) is 7.10.